The van der Waals surface area contributed by atoms with Gasteiger partial charge in [0.05, 0.1) is 5.54 Å². The summed E-state index contributed by atoms with van der Waals surface area (Å²) in [5, 5.41) is 12.1. The molecule has 2 aliphatic rings. The van der Waals surface area contributed by atoms with Gasteiger partial charge in [-0.3, -0.25) is 4.90 Å². The molecule has 1 unspecified atom stereocenters. The summed E-state index contributed by atoms with van der Waals surface area (Å²) in [4.78, 5) is 1.07. The minimum atomic E-state index is -4.57. The van der Waals surface area contributed by atoms with Crippen LogP contribution in [0.25, 0.3) is 0 Å². The number of nitrogens with zero attached hydrogens (tertiary/aromatic N) is 1. The molecule has 3 nitrogen and oxygen atoms in total. The highest BCUT2D eigenvalue weighted by Gasteiger charge is 2.53. The maximum absolute atomic E-state index is 12.3. The first kappa shape index (κ1) is 9.95. The van der Waals surface area contributed by atoms with Crippen LogP contribution in [-0.4, -0.2) is 47.6 Å². The molecule has 2 N–H and O–H groups in total. The fourth-order valence-electron chi connectivity index (χ4n) is 1.73. The Labute approximate surface area is 79.2 Å². The molecule has 1 heterocycles. The van der Waals surface area contributed by atoms with Crippen LogP contribution in [0.5, 0.6) is 0 Å². The van der Waals surface area contributed by atoms with Gasteiger partial charge in [0.25, 0.3) is 0 Å². The van der Waals surface area contributed by atoms with E-state index in [1.54, 1.807) is 12.2 Å². The Hall–Kier alpha value is -0.590. The van der Waals surface area contributed by atoms with Crippen molar-refractivity contribution in [2.45, 2.75) is 17.9 Å². The minimum Gasteiger partial charge on any atom is -0.370 e. The third-order valence-corrected chi connectivity index (χ3v) is 2.61. The van der Waals surface area contributed by atoms with Gasteiger partial charge in [0, 0.05) is 19.6 Å². The summed E-state index contributed by atoms with van der Waals surface area (Å²) in [6.45, 7) is 1.12. The quantitative estimate of drug-likeness (QED) is 0.599. The molecule has 0 saturated carbocycles. The zero-order valence-electron chi connectivity index (χ0n) is 7.38. The summed E-state index contributed by atoms with van der Waals surface area (Å²) in [7, 11) is 0. The van der Waals surface area contributed by atoms with Crippen molar-refractivity contribution in [1.29, 1.82) is 0 Å². The lowest BCUT2D eigenvalue weighted by molar-refractivity contribution is -0.258. The number of aliphatic hydroxyl groups is 1. The molecule has 1 atom stereocenters. The molecule has 1 fully saturated rings. The molecular formula is C8H11F3N2O. The first-order valence-corrected chi connectivity index (χ1v) is 4.38. The minimum absolute atomic E-state index is 0.202. The van der Waals surface area contributed by atoms with Crippen molar-refractivity contribution in [1.82, 2.24) is 10.2 Å². The number of piperazine rings is 1. The van der Waals surface area contributed by atoms with Crippen molar-refractivity contribution >= 4 is 0 Å². The summed E-state index contributed by atoms with van der Waals surface area (Å²) in [6.07, 6.45) is -3.59. The average molecular weight is 208 g/mol. The van der Waals surface area contributed by atoms with E-state index in [1.807, 2.05) is 0 Å². The van der Waals surface area contributed by atoms with E-state index >= 15 is 0 Å². The van der Waals surface area contributed by atoms with Crippen molar-refractivity contribution in [3.63, 3.8) is 0 Å². The molecule has 0 aromatic rings. The van der Waals surface area contributed by atoms with Gasteiger partial charge >= 0.3 is 6.18 Å². The molecule has 0 amide bonds. The Kier molecular flexibility index (Phi) is 2.09. The molecule has 0 bridgehead atoms. The Balaban J connectivity index is 2.09. The number of halogens is 3. The highest BCUT2D eigenvalue weighted by atomic mass is 19.4. The standard InChI is InChI=1S/C8H11F3N2O/c9-8(10,11)6(14)13-4-3-12-5-7(13)1-2-7/h1-2,6,12,14H,3-5H2. The smallest absolute Gasteiger partial charge is 0.370 e. The number of alkyl halides is 3. The maximum atomic E-state index is 12.3. The van der Waals surface area contributed by atoms with E-state index in [1.165, 1.54) is 0 Å². The Morgan fingerprint density at radius 2 is 2.07 bits per heavy atom. The van der Waals surface area contributed by atoms with Crippen molar-refractivity contribution in [3.8, 4) is 0 Å². The van der Waals surface area contributed by atoms with Crippen LogP contribution in [0.2, 0.25) is 0 Å². The first-order valence-electron chi connectivity index (χ1n) is 4.38. The molecule has 1 spiro atoms. The summed E-state index contributed by atoms with van der Waals surface area (Å²) >= 11 is 0. The fourth-order valence-corrected chi connectivity index (χ4v) is 1.73. The molecule has 1 aliphatic carbocycles. The van der Waals surface area contributed by atoms with Crippen molar-refractivity contribution < 1.29 is 18.3 Å². The SMILES string of the molecule is OC(N1CCNCC12C=C2)C(F)(F)F. The number of aliphatic hydroxyl groups excluding tert-OH is 1. The largest absolute Gasteiger partial charge is 0.428 e. The van der Waals surface area contributed by atoms with Gasteiger partial charge in [-0.1, -0.05) is 12.2 Å². The van der Waals surface area contributed by atoms with Crippen LogP contribution in [0, 0.1) is 0 Å². The molecule has 2 rings (SSSR count). The zero-order chi connectivity index (χ0) is 10.4. The second-order valence-corrected chi connectivity index (χ2v) is 3.61. The predicted octanol–water partition coefficient (Wildman–Crippen LogP) is 0.0809. The van der Waals surface area contributed by atoms with Gasteiger partial charge in [0.1, 0.15) is 0 Å². The topological polar surface area (TPSA) is 35.5 Å². The van der Waals surface area contributed by atoms with Gasteiger partial charge in [0.2, 0.25) is 6.23 Å². The van der Waals surface area contributed by atoms with E-state index < -0.39 is 17.9 Å². The summed E-state index contributed by atoms with van der Waals surface area (Å²) in [6, 6.07) is 0. The van der Waals surface area contributed by atoms with E-state index in [4.69, 9.17) is 5.11 Å². The van der Waals surface area contributed by atoms with Gasteiger partial charge in [-0.05, 0) is 0 Å². The lowest BCUT2D eigenvalue weighted by Crippen LogP contribution is -2.61. The van der Waals surface area contributed by atoms with E-state index in [0.29, 0.717) is 13.1 Å². The van der Waals surface area contributed by atoms with Crippen LogP contribution in [0.4, 0.5) is 13.2 Å². The predicted molar refractivity (Wildman–Crippen MR) is 43.5 cm³/mol. The molecule has 80 valence electrons. The normalized spacial score (nSPS) is 28.0. The number of nitrogens with one attached hydrogen (secondary N) is 1. The van der Waals surface area contributed by atoms with Crippen LogP contribution in [0.3, 0.4) is 0 Å². The fraction of sp³-hybridized carbons (Fsp3) is 0.750. The molecule has 0 radical (unpaired) electrons. The van der Waals surface area contributed by atoms with Crippen molar-refractivity contribution in [2.24, 2.45) is 0 Å². The second-order valence-electron chi connectivity index (χ2n) is 3.61. The van der Waals surface area contributed by atoms with Gasteiger partial charge in [0.15, 0.2) is 0 Å². The molecule has 1 saturated heterocycles. The average Bonchev–Trinajstić information content (AvgIpc) is 2.84. The lowest BCUT2D eigenvalue weighted by atomic mass is 10.1. The summed E-state index contributed by atoms with van der Waals surface area (Å²) < 4.78 is 36.8. The van der Waals surface area contributed by atoms with E-state index in [2.05, 4.69) is 5.32 Å². The third kappa shape index (κ3) is 1.53. The van der Waals surface area contributed by atoms with Crippen LogP contribution in [-0.2, 0) is 0 Å². The van der Waals surface area contributed by atoms with E-state index in [-0.39, 0.29) is 6.54 Å². The number of hydrogen-bond acceptors (Lipinski definition) is 3. The number of hydrogen-bond donors (Lipinski definition) is 2. The summed E-state index contributed by atoms with van der Waals surface area (Å²) in [5.41, 5.74) is -0.673. The van der Waals surface area contributed by atoms with Gasteiger partial charge in [-0.25, -0.2) is 0 Å². The molecule has 1 aliphatic heterocycles. The van der Waals surface area contributed by atoms with E-state index in [0.717, 1.165) is 4.90 Å². The van der Waals surface area contributed by atoms with Crippen LogP contribution in [0.1, 0.15) is 0 Å². The molecule has 0 aromatic carbocycles. The van der Waals surface area contributed by atoms with Crippen molar-refractivity contribution in [3.05, 3.63) is 12.2 Å². The molecule has 6 heteroatoms. The van der Waals surface area contributed by atoms with Crippen LogP contribution < -0.4 is 5.32 Å². The van der Waals surface area contributed by atoms with Gasteiger partial charge in [-0.2, -0.15) is 13.2 Å². The molecule has 14 heavy (non-hydrogen) atoms. The third-order valence-electron chi connectivity index (χ3n) is 2.61. The Morgan fingerprint density at radius 3 is 2.57 bits per heavy atom. The Bertz CT molecular complexity index is 258. The van der Waals surface area contributed by atoms with E-state index in [9.17, 15) is 13.2 Å². The monoisotopic (exact) mass is 208 g/mol. The van der Waals surface area contributed by atoms with Crippen molar-refractivity contribution in [2.75, 3.05) is 19.6 Å². The molecule has 0 aromatic heterocycles. The van der Waals surface area contributed by atoms with Crippen LogP contribution in [0.15, 0.2) is 12.2 Å². The number of rotatable bonds is 1. The summed E-state index contributed by atoms with van der Waals surface area (Å²) in [5.74, 6) is 0. The Morgan fingerprint density at radius 1 is 1.43 bits per heavy atom. The first-order chi connectivity index (χ1) is 6.46. The van der Waals surface area contributed by atoms with Gasteiger partial charge in [-0.15, -0.1) is 0 Å². The maximum Gasteiger partial charge on any atom is 0.428 e. The highest BCUT2D eigenvalue weighted by molar-refractivity contribution is 5.36. The molecular weight excluding hydrogens is 197 g/mol. The lowest BCUT2D eigenvalue weighted by Gasteiger charge is -2.40. The second kappa shape index (κ2) is 2.95. The zero-order valence-corrected chi connectivity index (χ0v) is 7.38. The van der Waals surface area contributed by atoms with Gasteiger partial charge < -0.3 is 10.4 Å². The highest BCUT2D eigenvalue weighted by Crippen LogP contribution is 2.37. The van der Waals surface area contributed by atoms with Crippen LogP contribution >= 0.6 is 0 Å².